The molecule has 24 heavy (non-hydrogen) atoms. The molecule has 0 saturated carbocycles. The molecule has 7 nitrogen and oxygen atoms in total. The van der Waals surface area contributed by atoms with Gasteiger partial charge < -0.3 is 20.2 Å². The van der Waals surface area contributed by atoms with Gasteiger partial charge in [-0.2, -0.15) is 0 Å². The van der Waals surface area contributed by atoms with Gasteiger partial charge in [0.15, 0.2) is 6.10 Å². The Hall–Kier alpha value is -2.96. The molecule has 0 fully saturated rings. The number of hydrogen-bond acceptors (Lipinski definition) is 5. The van der Waals surface area contributed by atoms with E-state index in [9.17, 15) is 14.9 Å². The Morgan fingerprint density at radius 1 is 1.21 bits per heavy atom. The van der Waals surface area contributed by atoms with E-state index in [0.29, 0.717) is 5.69 Å². The number of carbonyl (C=O) groups excluding carboxylic acids is 1. The second-order valence-corrected chi connectivity index (χ2v) is 5.57. The molecule has 2 rings (SSSR count). The molecule has 0 spiro atoms. The van der Waals surface area contributed by atoms with Crippen molar-refractivity contribution in [2.75, 3.05) is 5.32 Å². The maximum absolute atomic E-state index is 12.3. The summed E-state index contributed by atoms with van der Waals surface area (Å²) in [4.78, 5) is 26.3. The van der Waals surface area contributed by atoms with Gasteiger partial charge in [0.2, 0.25) is 5.75 Å². The zero-order chi connectivity index (χ0) is 17.7. The predicted octanol–water partition coefficient (Wildman–Crippen LogP) is 3.52. The molecule has 1 aromatic heterocycles. The fourth-order valence-electron chi connectivity index (χ4n) is 2.20. The largest absolute Gasteiger partial charge is 0.473 e. The molecule has 0 aliphatic rings. The summed E-state index contributed by atoms with van der Waals surface area (Å²) in [6, 6.07) is 10.4. The molecule has 1 N–H and O–H groups in total. The number of nitrogens with one attached hydrogen (secondary N) is 1. The molecule has 7 heteroatoms. The number of para-hydroxylation sites is 1. The first kappa shape index (κ1) is 17.4. The van der Waals surface area contributed by atoms with Gasteiger partial charge in [-0.25, -0.2) is 0 Å². The fourth-order valence-corrected chi connectivity index (χ4v) is 2.20. The minimum Gasteiger partial charge on any atom is -0.473 e. The minimum absolute atomic E-state index is 0.0395. The molecule has 2 aromatic rings. The van der Waals surface area contributed by atoms with Crippen LogP contribution in [0.15, 0.2) is 42.6 Å². The molecule has 0 bridgehead atoms. The first-order valence-electron chi connectivity index (χ1n) is 7.56. The molecule has 1 amide bonds. The van der Waals surface area contributed by atoms with E-state index in [1.807, 2.05) is 38.1 Å². The maximum Gasteiger partial charge on any atom is 0.406 e. The van der Waals surface area contributed by atoms with Crippen LogP contribution in [0.4, 0.5) is 11.5 Å². The Labute approximate surface area is 139 Å². The van der Waals surface area contributed by atoms with Crippen molar-refractivity contribution in [2.24, 2.45) is 0 Å². The van der Waals surface area contributed by atoms with Gasteiger partial charge >= 0.3 is 5.82 Å². The van der Waals surface area contributed by atoms with Crippen LogP contribution in [0.2, 0.25) is 0 Å². The summed E-state index contributed by atoms with van der Waals surface area (Å²) in [5.41, 5.74) is 1.71. The van der Waals surface area contributed by atoms with Crippen molar-refractivity contribution in [1.29, 1.82) is 0 Å². The Bertz CT molecular complexity index is 746. The number of amides is 1. The van der Waals surface area contributed by atoms with Gasteiger partial charge in [-0.15, -0.1) is 0 Å². The van der Waals surface area contributed by atoms with Crippen molar-refractivity contribution in [2.45, 2.75) is 32.8 Å². The highest BCUT2D eigenvalue weighted by molar-refractivity contribution is 5.94. The number of nitrogens with zero attached hydrogens (tertiary/aromatic N) is 2. The highest BCUT2D eigenvalue weighted by Gasteiger charge is 2.22. The third-order valence-corrected chi connectivity index (χ3v) is 3.44. The highest BCUT2D eigenvalue weighted by Crippen LogP contribution is 2.26. The van der Waals surface area contributed by atoms with Crippen LogP contribution in [-0.2, 0) is 4.79 Å². The Morgan fingerprint density at radius 2 is 1.92 bits per heavy atom. The highest BCUT2D eigenvalue weighted by atomic mass is 16.6. The summed E-state index contributed by atoms with van der Waals surface area (Å²) < 4.78 is 5.42. The quantitative estimate of drug-likeness (QED) is 0.646. The summed E-state index contributed by atoms with van der Waals surface area (Å²) in [6.07, 6.45) is 0.391. The normalized spacial score (nSPS) is 11.8. The van der Waals surface area contributed by atoms with Crippen LogP contribution in [-0.4, -0.2) is 21.9 Å². The van der Waals surface area contributed by atoms with Crippen LogP contribution in [0.25, 0.3) is 0 Å². The lowest BCUT2D eigenvalue weighted by Crippen LogP contribution is -2.30. The van der Waals surface area contributed by atoms with E-state index in [2.05, 4.69) is 10.3 Å². The van der Waals surface area contributed by atoms with Crippen LogP contribution < -0.4 is 10.1 Å². The Morgan fingerprint density at radius 3 is 2.58 bits per heavy atom. The molecule has 0 radical (unpaired) electrons. The molecule has 1 unspecified atom stereocenters. The van der Waals surface area contributed by atoms with Gasteiger partial charge in [-0.1, -0.05) is 32.0 Å². The SMILES string of the molecule is CC(Oc1cccnc1[N+](=O)[O-])C(=O)Nc1ccccc1C(C)C. The molecule has 1 atom stereocenters. The van der Waals surface area contributed by atoms with Crippen LogP contribution in [0, 0.1) is 10.1 Å². The number of benzene rings is 1. The van der Waals surface area contributed by atoms with E-state index in [0.717, 1.165) is 5.56 Å². The first-order valence-corrected chi connectivity index (χ1v) is 7.56. The second kappa shape index (κ2) is 7.54. The van der Waals surface area contributed by atoms with Gasteiger partial charge in [0, 0.05) is 5.69 Å². The topological polar surface area (TPSA) is 94.4 Å². The number of hydrogen-bond donors (Lipinski definition) is 1. The second-order valence-electron chi connectivity index (χ2n) is 5.57. The summed E-state index contributed by atoms with van der Waals surface area (Å²) in [7, 11) is 0. The van der Waals surface area contributed by atoms with Crippen molar-refractivity contribution >= 4 is 17.4 Å². The standard InChI is InChI=1S/C17H19N3O4/c1-11(2)13-7-4-5-8-14(13)19-17(21)12(3)24-15-9-6-10-18-16(15)20(22)23/h4-12H,1-3H3,(H,19,21). The number of anilines is 1. The smallest absolute Gasteiger partial charge is 0.406 e. The van der Waals surface area contributed by atoms with Crippen LogP contribution in [0.5, 0.6) is 5.75 Å². The zero-order valence-corrected chi connectivity index (χ0v) is 13.7. The maximum atomic E-state index is 12.3. The molecular weight excluding hydrogens is 310 g/mol. The summed E-state index contributed by atoms with van der Waals surface area (Å²) in [5, 5.41) is 13.8. The summed E-state index contributed by atoms with van der Waals surface area (Å²) in [6.45, 7) is 5.60. The average molecular weight is 329 g/mol. The Balaban J connectivity index is 2.13. The number of pyridine rings is 1. The van der Waals surface area contributed by atoms with Gasteiger partial charge in [-0.3, -0.25) is 4.79 Å². The molecule has 1 heterocycles. The summed E-state index contributed by atoms with van der Waals surface area (Å²) >= 11 is 0. The predicted molar refractivity (Wildman–Crippen MR) is 90.1 cm³/mol. The third-order valence-electron chi connectivity index (χ3n) is 3.44. The molecule has 0 aliphatic carbocycles. The lowest BCUT2D eigenvalue weighted by Gasteiger charge is -2.17. The van der Waals surface area contributed by atoms with Crippen molar-refractivity contribution in [1.82, 2.24) is 4.98 Å². The van der Waals surface area contributed by atoms with Crippen molar-refractivity contribution in [3.8, 4) is 5.75 Å². The van der Waals surface area contributed by atoms with E-state index in [1.54, 1.807) is 0 Å². The van der Waals surface area contributed by atoms with Crippen molar-refractivity contribution in [3.05, 3.63) is 58.3 Å². The van der Waals surface area contributed by atoms with Crippen LogP contribution >= 0.6 is 0 Å². The van der Waals surface area contributed by atoms with Crippen molar-refractivity contribution in [3.63, 3.8) is 0 Å². The van der Waals surface area contributed by atoms with E-state index < -0.39 is 16.8 Å². The molecular formula is C17H19N3O4. The van der Waals surface area contributed by atoms with Gasteiger partial charge in [0.05, 0.1) is 0 Å². The van der Waals surface area contributed by atoms with Crippen molar-refractivity contribution < 1.29 is 14.5 Å². The van der Waals surface area contributed by atoms with Gasteiger partial charge in [0.25, 0.3) is 5.91 Å². The van der Waals surface area contributed by atoms with Gasteiger partial charge in [-0.05, 0) is 46.5 Å². The lowest BCUT2D eigenvalue weighted by molar-refractivity contribution is -0.390. The van der Waals surface area contributed by atoms with Crippen LogP contribution in [0.3, 0.4) is 0 Å². The van der Waals surface area contributed by atoms with E-state index >= 15 is 0 Å². The van der Waals surface area contributed by atoms with E-state index in [4.69, 9.17) is 4.74 Å². The number of aromatic nitrogens is 1. The number of rotatable bonds is 6. The van der Waals surface area contributed by atoms with Crippen LogP contribution in [0.1, 0.15) is 32.3 Å². The monoisotopic (exact) mass is 329 g/mol. The summed E-state index contributed by atoms with van der Waals surface area (Å²) in [5.74, 6) is -0.597. The average Bonchev–Trinajstić information content (AvgIpc) is 2.55. The Kier molecular flexibility index (Phi) is 5.47. The first-order chi connectivity index (χ1) is 11.4. The number of nitro groups is 1. The molecule has 1 aromatic carbocycles. The zero-order valence-electron chi connectivity index (χ0n) is 13.7. The third kappa shape index (κ3) is 4.07. The molecule has 126 valence electrons. The molecule has 0 saturated heterocycles. The lowest BCUT2D eigenvalue weighted by atomic mass is 10.0. The van der Waals surface area contributed by atoms with E-state index in [-0.39, 0.29) is 17.6 Å². The fraction of sp³-hybridized carbons (Fsp3) is 0.294. The van der Waals surface area contributed by atoms with E-state index in [1.165, 1.54) is 25.3 Å². The number of ether oxygens (including phenoxy) is 1. The minimum atomic E-state index is -0.909. The molecule has 0 aliphatic heterocycles. The van der Waals surface area contributed by atoms with Gasteiger partial charge in [0.1, 0.15) is 6.20 Å². The number of carbonyl (C=O) groups is 1.